The second kappa shape index (κ2) is 3.07. The summed E-state index contributed by atoms with van der Waals surface area (Å²) >= 11 is 11.7. The number of carboxylic acid groups (broad SMARTS) is 1. The van der Waals surface area contributed by atoms with Crippen LogP contribution in [-0.4, -0.2) is 25.4 Å². The Morgan fingerprint density at radius 1 is 1.43 bits per heavy atom. The van der Waals surface area contributed by atoms with E-state index in [0.29, 0.717) is 5.56 Å². The maximum atomic E-state index is 10.8. The predicted octanol–water partition coefficient (Wildman–Crippen LogP) is 1.45. The molecule has 0 bridgehead atoms. The lowest BCUT2D eigenvalue weighted by Crippen LogP contribution is -2.03. The zero-order valence-electron chi connectivity index (χ0n) is 6.89. The van der Waals surface area contributed by atoms with Crippen LogP contribution in [0.5, 0.6) is 0 Å². The van der Waals surface area contributed by atoms with Crippen LogP contribution in [0, 0.1) is 5.92 Å². The van der Waals surface area contributed by atoms with Gasteiger partial charge in [0.1, 0.15) is 16.6 Å². The lowest BCUT2D eigenvalue weighted by molar-refractivity contribution is -0.138. The molecule has 1 aromatic rings. The molecule has 1 fully saturated rings. The van der Waals surface area contributed by atoms with Gasteiger partial charge in [0.05, 0.1) is 0 Å². The molecule has 1 aliphatic rings. The third-order valence-corrected chi connectivity index (χ3v) is 3.20. The number of carboxylic acids is 1. The minimum atomic E-state index is -1.23. The first-order valence-corrected chi connectivity index (χ1v) is 4.66. The summed E-state index contributed by atoms with van der Waals surface area (Å²) in [4.78, 5) is 18.3. The summed E-state index contributed by atoms with van der Waals surface area (Å²) in [7, 11) is 0. The molecule has 1 aromatic heterocycles. The summed E-state index contributed by atoms with van der Waals surface area (Å²) in [6.45, 7) is 0. The third kappa shape index (κ3) is 1.35. The van der Waals surface area contributed by atoms with E-state index in [-0.39, 0.29) is 0 Å². The number of hydrogen-bond acceptors (Lipinski definition) is 3. The number of nitrogens with zero attached hydrogens (tertiary/aromatic N) is 2. The molecule has 0 unspecified atom stereocenters. The van der Waals surface area contributed by atoms with Crippen LogP contribution in [0.2, 0.25) is 0 Å². The Labute approximate surface area is 89.9 Å². The zero-order chi connectivity index (χ0) is 10.3. The Morgan fingerprint density at radius 3 is 2.43 bits per heavy atom. The van der Waals surface area contributed by atoms with E-state index in [1.54, 1.807) is 0 Å². The van der Waals surface area contributed by atoms with E-state index in [4.69, 9.17) is 28.3 Å². The summed E-state index contributed by atoms with van der Waals surface area (Å²) in [5.74, 6) is -2.18. The maximum absolute atomic E-state index is 10.8. The topological polar surface area (TPSA) is 63.1 Å². The number of rotatable bonds is 2. The van der Waals surface area contributed by atoms with Crippen LogP contribution in [0.15, 0.2) is 18.7 Å². The number of halogens is 2. The first kappa shape index (κ1) is 9.68. The second-order valence-corrected chi connectivity index (χ2v) is 4.58. The van der Waals surface area contributed by atoms with E-state index < -0.39 is 22.1 Å². The third-order valence-electron chi connectivity index (χ3n) is 2.26. The fraction of sp³-hybridized carbons (Fsp3) is 0.375. The molecule has 2 rings (SSSR count). The monoisotopic (exact) mass is 232 g/mol. The number of carbonyl (C=O) groups is 1. The van der Waals surface area contributed by atoms with Crippen molar-refractivity contribution in [2.45, 2.75) is 10.3 Å². The highest BCUT2D eigenvalue weighted by molar-refractivity contribution is 6.53. The van der Waals surface area contributed by atoms with Crippen molar-refractivity contribution in [2.75, 3.05) is 0 Å². The number of aliphatic carboxylic acids is 1. The number of alkyl halides is 2. The van der Waals surface area contributed by atoms with Crippen molar-refractivity contribution >= 4 is 29.2 Å². The van der Waals surface area contributed by atoms with Gasteiger partial charge >= 0.3 is 5.97 Å². The molecule has 4 nitrogen and oxygen atoms in total. The van der Waals surface area contributed by atoms with Gasteiger partial charge in [-0.3, -0.25) is 4.79 Å². The van der Waals surface area contributed by atoms with Gasteiger partial charge < -0.3 is 5.11 Å². The van der Waals surface area contributed by atoms with Crippen molar-refractivity contribution in [2.24, 2.45) is 5.92 Å². The summed E-state index contributed by atoms with van der Waals surface area (Å²) in [5.41, 5.74) is 0.657. The molecule has 0 radical (unpaired) electrons. The van der Waals surface area contributed by atoms with Gasteiger partial charge in [0.2, 0.25) is 0 Å². The number of aromatic nitrogens is 2. The van der Waals surface area contributed by atoms with Crippen LogP contribution in [-0.2, 0) is 4.79 Å². The Hall–Kier alpha value is -0.870. The van der Waals surface area contributed by atoms with E-state index in [1.165, 1.54) is 18.7 Å². The van der Waals surface area contributed by atoms with Gasteiger partial charge in [0.15, 0.2) is 0 Å². The Bertz CT molecular complexity index is 369. The standard InChI is InChI=1S/C8H6Cl2N2O2/c9-8(10)5(6(8)7(13)14)4-1-11-3-12-2-4/h1-3,5-6H,(H,13,14)/t5-,6+/m1/s1. The van der Waals surface area contributed by atoms with Gasteiger partial charge in [-0.2, -0.15) is 0 Å². The predicted molar refractivity (Wildman–Crippen MR) is 50.3 cm³/mol. The molecular weight excluding hydrogens is 227 g/mol. The molecule has 74 valence electrons. The second-order valence-electron chi connectivity index (χ2n) is 3.14. The van der Waals surface area contributed by atoms with Crippen LogP contribution in [0.1, 0.15) is 11.5 Å². The van der Waals surface area contributed by atoms with Crippen LogP contribution >= 0.6 is 23.2 Å². The van der Waals surface area contributed by atoms with E-state index in [2.05, 4.69) is 9.97 Å². The highest BCUT2D eigenvalue weighted by Crippen LogP contribution is 2.64. The van der Waals surface area contributed by atoms with Gasteiger partial charge in [-0.25, -0.2) is 9.97 Å². The Balaban J connectivity index is 2.28. The van der Waals surface area contributed by atoms with Crippen molar-refractivity contribution in [3.63, 3.8) is 0 Å². The SMILES string of the molecule is O=C(O)[C@@H]1[C@@H](c2cncnc2)C1(Cl)Cl. The van der Waals surface area contributed by atoms with Gasteiger partial charge in [-0.05, 0) is 5.56 Å². The molecular formula is C8H6Cl2N2O2. The van der Waals surface area contributed by atoms with Crippen LogP contribution < -0.4 is 0 Å². The van der Waals surface area contributed by atoms with E-state index in [0.717, 1.165) is 0 Å². The highest BCUT2D eigenvalue weighted by Gasteiger charge is 2.68. The molecule has 0 spiro atoms. The minimum Gasteiger partial charge on any atom is -0.481 e. The maximum Gasteiger partial charge on any atom is 0.310 e. The molecule has 0 aromatic carbocycles. The molecule has 2 atom stereocenters. The van der Waals surface area contributed by atoms with Crippen molar-refractivity contribution < 1.29 is 9.90 Å². The zero-order valence-corrected chi connectivity index (χ0v) is 8.40. The summed E-state index contributed by atoms with van der Waals surface area (Å²) in [6.07, 6.45) is 4.42. The normalized spacial score (nSPS) is 28.4. The van der Waals surface area contributed by atoms with Crippen LogP contribution in [0.3, 0.4) is 0 Å². The molecule has 1 heterocycles. The first-order chi connectivity index (χ1) is 6.55. The van der Waals surface area contributed by atoms with Crippen molar-refractivity contribution in [1.82, 2.24) is 9.97 Å². The first-order valence-electron chi connectivity index (χ1n) is 3.90. The van der Waals surface area contributed by atoms with Crippen molar-refractivity contribution in [3.8, 4) is 0 Å². The fourth-order valence-electron chi connectivity index (χ4n) is 1.52. The Morgan fingerprint density at radius 2 is 2.00 bits per heavy atom. The van der Waals surface area contributed by atoms with Gasteiger partial charge in [0.25, 0.3) is 0 Å². The fourth-order valence-corrected chi connectivity index (χ4v) is 2.34. The van der Waals surface area contributed by atoms with Crippen molar-refractivity contribution in [3.05, 3.63) is 24.3 Å². The van der Waals surface area contributed by atoms with Gasteiger partial charge in [-0.1, -0.05) is 23.2 Å². The molecule has 0 saturated heterocycles. The summed E-state index contributed by atoms with van der Waals surface area (Å²) < 4.78 is -1.23. The summed E-state index contributed by atoms with van der Waals surface area (Å²) in [5, 5.41) is 8.81. The van der Waals surface area contributed by atoms with Crippen molar-refractivity contribution in [1.29, 1.82) is 0 Å². The average Bonchev–Trinajstić information content (AvgIpc) is 2.71. The average molecular weight is 233 g/mol. The van der Waals surface area contributed by atoms with E-state index in [9.17, 15) is 4.79 Å². The lowest BCUT2D eigenvalue weighted by Gasteiger charge is -1.96. The van der Waals surface area contributed by atoms with E-state index >= 15 is 0 Å². The number of hydrogen-bond donors (Lipinski definition) is 1. The van der Waals surface area contributed by atoms with Crippen LogP contribution in [0.25, 0.3) is 0 Å². The van der Waals surface area contributed by atoms with E-state index in [1.807, 2.05) is 0 Å². The quantitative estimate of drug-likeness (QED) is 0.785. The smallest absolute Gasteiger partial charge is 0.310 e. The highest BCUT2D eigenvalue weighted by atomic mass is 35.5. The lowest BCUT2D eigenvalue weighted by atomic mass is 10.2. The molecule has 6 heteroatoms. The van der Waals surface area contributed by atoms with Crippen LogP contribution in [0.4, 0.5) is 0 Å². The van der Waals surface area contributed by atoms with Gasteiger partial charge in [-0.15, -0.1) is 0 Å². The minimum absolute atomic E-state index is 0.412. The molecule has 0 amide bonds. The molecule has 14 heavy (non-hydrogen) atoms. The largest absolute Gasteiger partial charge is 0.481 e. The molecule has 1 aliphatic carbocycles. The molecule has 1 N–H and O–H groups in total. The molecule has 1 saturated carbocycles. The molecule has 0 aliphatic heterocycles. The summed E-state index contributed by atoms with van der Waals surface area (Å²) in [6, 6.07) is 0. The Kier molecular flexibility index (Phi) is 2.12. The van der Waals surface area contributed by atoms with Gasteiger partial charge in [0, 0.05) is 18.3 Å².